The fourth-order valence-corrected chi connectivity index (χ4v) is 0.604. The molecule has 1 aromatic heterocycles. The van der Waals surface area contributed by atoms with Gasteiger partial charge in [0.05, 0.1) is 5.69 Å². The molecule has 46 valence electrons. The summed E-state index contributed by atoms with van der Waals surface area (Å²) in [4.78, 5) is 3.72. The predicted molar refractivity (Wildman–Crippen MR) is 35.9 cm³/mol. The molecular formula is C6H4NNaOS. The summed E-state index contributed by atoms with van der Waals surface area (Å²) in [6, 6.07) is 5.06. The Bertz CT molecular complexity index is 214. The van der Waals surface area contributed by atoms with Gasteiger partial charge in [-0.3, -0.25) is 4.98 Å². The third kappa shape index (κ3) is 2.75. The third-order valence-electron chi connectivity index (χ3n) is 0.874. The van der Waals surface area contributed by atoms with Crippen molar-refractivity contribution in [2.75, 3.05) is 0 Å². The van der Waals surface area contributed by atoms with E-state index < -0.39 is 5.05 Å². The van der Waals surface area contributed by atoms with E-state index in [4.69, 9.17) is 0 Å². The first-order valence-electron chi connectivity index (χ1n) is 2.43. The van der Waals surface area contributed by atoms with Crippen molar-refractivity contribution in [2.45, 2.75) is 0 Å². The van der Waals surface area contributed by atoms with Gasteiger partial charge in [0, 0.05) is 6.20 Å². The molecule has 0 aliphatic heterocycles. The number of hydrogen-bond acceptors (Lipinski definition) is 3. The largest absolute Gasteiger partial charge is 1.00 e. The van der Waals surface area contributed by atoms with Crippen molar-refractivity contribution in [3.05, 3.63) is 30.1 Å². The van der Waals surface area contributed by atoms with Crippen LogP contribution in [-0.4, -0.2) is 10.0 Å². The van der Waals surface area contributed by atoms with E-state index in [1.165, 1.54) is 0 Å². The minimum atomic E-state index is -0.407. The molecule has 0 radical (unpaired) electrons. The van der Waals surface area contributed by atoms with Gasteiger partial charge in [-0.05, 0) is 17.2 Å². The van der Waals surface area contributed by atoms with Gasteiger partial charge in [-0.1, -0.05) is 18.3 Å². The molecule has 2 nitrogen and oxygen atoms in total. The van der Waals surface area contributed by atoms with Crippen molar-refractivity contribution in [2.24, 2.45) is 0 Å². The Hall–Kier alpha value is 0.0400. The Kier molecular flexibility index (Phi) is 4.81. The van der Waals surface area contributed by atoms with Gasteiger partial charge in [-0.2, -0.15) is 0 Å². The molecule has 0 aliphatic carbocycles. The fraction of sp³-hybridized carbons (Fsp3) is 0. The maximum absolute atomic E-state index is 10.4. The van der Waals surface area contributed by atoms with E-state index in [-0.39, 0.29) is 29.6 Å². The summed E-state index contributed by atoms with van der Waals surface area (Å²) in [5, 5.41) is 9.99. The molecule has 0 aromatic carbocycles. The number of hydrogen-bond donors (Lipinski definition) is 0. The molecule has 0 atom stereocenters. The van der Waals surface area contributed by atoms with Gasteiger partial charge in [0.2, 0.25) is 0 Å². The molecule has 0 N–H and O–H groups in total. The summed E-state index contributed by atoms with van der Waals surface area (Å²) < 4.78 is 0. The number of aromatic nitrogens is 1. The van der Waals surface area contributed by atoms with Crippen LogP contribution >= 0.6 is 12.2 Å². The van der Waals surface area contributed by atoms with E-state index in [1.54, 1.807) is 24.4 Å². The van der Waals surface area contributed by atoms with E-state index in [1.807, 2.05) is 0 Å². The van der Waals surface area contributed by atoms with Crippen LogP contribution in [0.2, 0.25) is 0 Å². The molecule has 4 heteroatoms. The Morgan fingerprint density at radius 2 is 2.20 bits per heavy atom. The van der Waals surface area contributed by atoms with Crippen LogP contribution in [0.15, 0.2) is 24.4 Å². The maximum atomic E-state index is 10.4. The average Bonchev–Trinajstić information content (AvgIpc) is 1.90. The van der Waals surface area contributed by atoms with Crippen LogP contribution in [0.1, 0.15) is 5.69 Å². The van der Waals surface area contributed by atoms with Crippen molar-refractivity contribution < 1.29 is 34.7 Å². The molecule has 0 spiro atoms. The Labute approximate surface area is 86.6 Å². The summed E-state index contributed by atoms with van der Waals surface area (Å²) in [5.74, 6) is 0. The summed E-state index contributed by atoms with van der Waals surface area (Å²) in [6.07, 6.45) is 1.54. The minimum Gasteiger partial charge on any atom is -0.863 e. The summed E-state index contributed by atoms with van der Waals surface area (Å²) in [6.45, 7) is 0. The van der Waals surface area contributed by atoms with Crippen LogP contribution < -0.4 is 34.7 Å². The predicted octanol–water partition coefficient (Wildman–Crippen LogP) is -2.88. The molecule has 1 rings (SSSR count). The monoisotopic (exact) mass is 161 g/mol. The van der Waals surface area contributed by atoms with E-state index in [0.717, 1.165) is 0 Å². The fourth-order valence-electron chi connectivity index (χ4n) is 0.484. The Balaban J connectivity index is 0.000000810. The zero-order valence-corrected chi connectivity index (χ0v) is 8.39. The summed E-state index contributed by atoms with van der Waals surface area (Å²) >= 11 is 4.34. The number of rotatable bonds is 1. The second-order valence-electron chi connectivity index (χ2n) is 1.50. The zero-order chi connectivity index (χ0) is 6.69. The second kappa shape index (κ2) is 4.79. The smallest absolute Gasteiger partial charge is 0.863 e. The summed E-state index contributed by atoms with van der Waals surface area (Å²) in [5.41, 5.74) is 0.340. The number of nitrogens with zero attached hydrogens (tertiary/aromatic N) is 1. The van der Waals surface area contributed by atoms with Gasteiger partial charge in [-0.15, -0.1) is 0 Å². The van der Waals surface area contributed by atoms with Gasteiger partial charge < -0.3 is 5.11 Å². The topological polar surface area (TPSA) is 36.0 Å². The molecule has 0 aliphatic rings. The SMILES string of the molecule is [Na+].[O-]C(=S)c1ccccn1. The molecular weight excluding hydrogens is 157 g/mol. The first kappa shape index (κ1) is 10.0. The van der Waals surface area contributed by atoms with Gasteiger partial charge >= 0.3 is 29.6 Å². The molecule has 0 saturated carbocycles. The minimum absolute atomic E-state index is 0. The van der Waals surface area contributed by atoms with Crippen molar-refractivity contribution in [1.29, 1.82) is 0 Å². The van der Waals surface area contributed by atoms with Crippen molar-refractivity contribution in [1.82, 2.24) is 4.98 Å². The molecule has 0 bridgehead atoms. The van der Waals surface area contributed by atoms with Gasteiger partial charge in [-0.25, -0.2) is 0 Å². The van der Waals surface area contributed by atoms with Crippen LogP contribution in [0.4, 0.5) is 0 Å². The van der Waals surface area contributed by atoms with Crippen LogP contribution in [-0.2, 0) is 0 Å². The van der Waals surface area contributed by atoms with Gasteiger partial charge in [0.1, 0.15) is 0 Å². The van der Waals surface area contributed by atoms with Gasteiger partial charge in [0.25, 0.3) is 0 Å². The normalized spacial score (nSPS) is 8.00. The van der Waals surface area contributed by atoms with E-state index in [2.05, 4.69) is 17.2 Å². The Morgan fingerprint density at radius 1 is 1.50 bits per heavy atom. The molecule has 10 heavy (non-hydrogen) atoms. The van der Waals surface area contributed by atoms with Crippen LogP contribution in [0.25, 0.3) is 0 Å². The first-order valence-corrected chi connectivity index (χ1v) is 2.84. The summed E-state index contributed by atoms with van der Waals surface area (Å²) in [7, 11) is 0. The second-order valence-corrected chi connectivity index (χ2v) is 1.87. The Morgan fingerprint density at radius 3 is 2.50 bits per heavy atom. The van der Waals surface area contributed by atoms with Gasteiger partial charge in [0.15, 0.2) is 0 Å². The van der Waals surface area contributed by atoms with Crippen LogP contribution in [0, 0.1) is 0 Å². The maximum Gasteiger partial charge on any atom is 1.00 e. The average molecular weight is 161 g/mol. The molecule has 1 aromatic rings. The van der Waals surface area contributed by atoms with Crippen molar-refractivity contribution in [3.63, 3.8) is 0 Å². The molecule has 0 fully saturated rings. The van der Waals surface area contributed by atoms with Crippen molar-refractivity contribution >= 4 is 17.3 Å². The van der Waals surface area contributed by atoms with E-state index in [0.29, 0.717) is 5.69 Å². The number of pyridine rings is 1. The first-order chi connectivity index (χ1) is 4.30. The molecule has 0 unspecified atom stereocenters. The van der Waals surface area contributed by atoms with Crippen LogP contribution in [0.3, 0.4) is 0 Å². The van der Waals surface area contributed by atoms with E-state index in [9.17, 15) is 5.11 Å². The molecule has 0 saturated heterocycles. The van der Waals surface area contributed by atoms with Crippen LogP contribution in [0.5, 0.6) is 0 Å². The van der Waals surface area contributed by atoms with E-state index >= 15 is 0 Å². The quantitative estimate of drug-likeness (QED) is 0.328. The third-order valence-corrected chi connectivity index (χ3v) is 1.08. The molecule has 1 heterocycles. The van der Waals surface area contributed by atoms with Crippen molar-refractivity contribution in [3.8, 4) is 0 Å². The molecule has 0 amide bonds. The number of thiocarbonyl (C=S) groups is 1. The zero-order valence-electron chi connectivity index (χ0n) is 5.57. The standard InChI is InChI=1S/C6H5NOS.Na/c8-6(9)5-3-1-2-4-7-5;/h1-4H,(H,8,9);/q;+1/p-1.